The molecule has 0 aromatic heterocycles. The zero-order valence-electron chi connectivity index (χ0n) is 7.34. The van der Waals surface area contributed by atoms with Crippen molar-refractivity contribution in [1.82, 2.24) is 5.32 Å². The number of rotatable bonds is 3. The molecule has 0 aromatic carbocycles. The lowest BCUT2D eigenvalue weighted by Gasteiger charge is -2.42. The van der Waals surface area contributed by atoms with E-state index in [1.165, 1.54) is 0 Å². The Hall–Kier alpha value is -0.830. The van der Waals surface area contributed by atoms with Crippen molar-refractivity contribution in [2.24, 2.45) is 0 Å². The summed E-state index contributed by atoms with van der Waals surface area (Å²) in [5.41, 5.74) is -2.59. The molecule has 2 N–H and O–H groups in total. The third-order valence-electron chi connectivity index (χ3n) is 2.05. The molecule has 0 aliphatic carbocycles. The van der Waals surface area contributed by atoms with E-state index in [-0.39, 0.29) is 0 Å². The Balaban J connectivity index is 2.78. The standard InChI is InChI=1S/C6H8F3NO4S/c7-6(8,9)5(10-1-4(11)12)2-15(13,14)3-5/h10H,1-3H2,(H,11,12). The number of sulfone groups is 1. The Kier molecular flexibility index (Phi) is 2.72. The van der Waals surface area contributed by atoms with Crippen LogP contribution in [0.5, 0.6) is 0 Å². The number of hydrogen-bond acceptors (Lipinski definition) is 4. The van der Waals surface area contributed by atoms with E-state index in [0.29, 0.717) is 0 Å². The molecule has 0 bridgehead atoms. The maximum atomic E-state index is 12.4. The molecule has 0 unspecified atom stereocenters. The molecule has 0 amide bonds. The summed E-state index contributed by atoms with van der Waals surface area (Å²) in [6, 6.07) is 0. The zero-order valence-corrected chi connectivity index (χ0v) is 8.15. The van der Waals surface area contributed by atoms with Gasteiger partial charge in [-0.05, 0) is 0 Å². The van der Waals surface area contributed by atoms with Crippen molar-refractivity contribution in [3.63, 3.8) is 0 Å². The lowest BCUT2D eigenvalue weighted by molar-refractivity contribution is -0.188. The molecule has 1 aliphatic heterocycles. The summed E-state index contributed by atoms with van der Waals surface area (Å²) in [6.07, 6.45) is -4.77. The van der Waals surface area contributed by atoms with E-state index in [1.807, 2.05) is 0 Å². The first kappa shape index (κ1) is 12.2. The summed E-state index contributed by atoms with van der Waals surface area (Å²) in [5, 5.41) is 9.94. The highest BCUT2D eigenvalue weighted by molar-refractivity contribution is 7.93. The van der Waals surface area contributed by atoms with Gasteiger partial charge in [0, 0.05) is 0 Å². The molecule has 1 aliphatic rings. The Morgan fingerprint density at radius 3 is 2.13 bits per heavy atom. The van der Waals surface area contributed by atoms with E-state index in [4.69, 9.17) is 5.11 Å². The smallest absolute Gasteiger partial charge is 0.408 e. The quantitative estimate of drug-likeness (QED) is 0.695. The largest absolute Gasteiger partial charge is 0.480 e. The van der Waals surface area contributed by atoms with Gasteiger partial charge >= 0.3 is 12.1 Å². The van der Waals surface area contributed by atoms with Crippen molar-refractivity contribution in [1.29, 1.82) is 0 Å². The fraction of sp³-hybridized carbons (Fsp3) is 0.833. The minimum atomic E-state index is -4.77. The van der Waals surface area contributed by atoms with Crippen molar-refractivity contribution in [3.05, 3.63) is 0 Å². The van der Waals surface area contributed by atoms with Gasteiger partial charge in [0.15, 0.2) is 9.84 Å². The van der Waals surface area contributed by atoms with Crippen molar-refractivity contribution < 1.29 is 31.5 Å². The predicted molar refractivity (Wildman–Crippen MR) is 43.1 cm³/mol. The first-order valence-electron chi connectivity index (χ1n) is 3.82. The molecule has 88 valence electrons. The molecule has 5 nitrogen and oxygen atoms in total. The van der Waals surface area contributed by atoms with Crippen molar-refractivity contribution in [2.45, 2.75) is 11.7 Å². The second kappa shape index (κ2) is 3.34. The molecule has 15 heavy (non-hydrogen) atoms. The van der Waals surface area contributed by atoms with Crippen LogP contribution in [-0.2, 0) is 14.6 Å². The molecular weight excluding hydrogens is 239 g/mol. The number of carboxylic acids is 1. The van der Waals surface area contributed by atoms with Gasteiger partial charge in [-0.25, -0.2) is 8.42 Å². The molecule has 0 atom stereocenters. The molecule has 1 saturated heterocycles. The van der Waals surface area contributed by atoms with Crippen LogP contribution in [-0.4, -0.2) is 49.3 Å². The summed E-state index contributed by atoms with van der Waals surface area (Å²) < 4.78 is 58.7. The van der Waals surface area contributed by atoms with Gasteiger partial charge in [0.1, 0.15) is 5.54 Å². The van der Waals surface area contributed by atoms with Crippen LogP contribution in [0.1, 0.15) is 0 Å². The molecular formula is C6H8F3NO4S. The Morgan fingerprint density at radius 2 is 1.87 bits per heavy atom. The van der Waals surface area contributed by atoms with E-state index in [0.717, 1.165) is 0 Å². The van der Waals surface area contributed by atoms with Gasteiger partial charge < -0.3 is 5.11 Å². The third-order valence-corrected chi connectivity index (χ3v) is 3.92. The summed E-state index contributed by atoms with van der Waals surface area (Å²) in [7, 11) is -3.70. The SMILES string of the molecule is O=C(O)CNC1(C(F)(F)F)CS(=O)(=O)C1. The highest BCUT2D eigenvalue weighted by Crippen LogP contribution is 2.39. The van der Waals surface area contributed by atoms with Crippen LogP contribution in [0.15, 0.2) is 0 Å². The Morgan fingerprint density at radius 1 is 1.40 bits per heavy atom. The maximum Gasteiger partial charge on any atom is 0.408 e. The summed E-state index contributed by atoms with van der Waals surface area (Å²) in [6.45, 7) is -0.922. The van der Waals surface area contributed by atoms with Crippen molar-refractivity contribution >= 4 is 15.8 Å². The molecule has 0 spiro atoms. The normalized spacial score (nSPS) is 23.1. The van der Waals surface area contributed by atoms with E-state index in [9.17, 15) is 26.4 Å². The van der Waals surface area contributed by atoms with Crippen LogP contribution >= 0.6 is 0 Å². The van der Waals surface area contributed by atoms with Crippen LogP contribution < -0.4 is 5.32 Å². The number of alkyl halides is 3. The van der Waals surface area contributed by atoms with Crippen molar-refractivity contribution in [2.75, 3.05) is 18.1 Å². The monoisotopic (exact) mass is 247 g/mol. The molecule has 1 rings (SSSR count). The predicted octanol–water partition coefficient (Wildman–Crippen LogP) is -0.610. The number of carboxylic acid groups (broad SMARTS) is 1. The number of hydrogen-bond donors (Lipinski definition) is 2. The van der Waals surface area contributed by atoms with Gasteiger partial charge in [-0.2, -0.15) is 13.2 Å². The number of aliphatic carboxylic acids is 1. The van der Waals surface area contributed by atoms with E-state index < -0.39 is 45.6 Å². The molecule has 9 heteroatoms. The van der Waals surface area contributed by atoms with Gasteiger partial charge in [-0.1, -0.05) is 0 Å². The number of nitrogens with one attached hydrogen (secondary N) is 1. The van der Waals surface area contributed by atoms with Gasteiger partial charge in [-0.3, -0.25) is 10.1 Å². The van der Waals surface area contributed by atoms with Crippen LogP contribution in [0.25, 0.3) is 0 Å². The Labute approximate surface area is 83.2 Å². The van der Waals surface area contributed by atoms with Gasteiger partial charge in [0.25, 0.3) is 0 Å². The topological polar surface area (TPSA) is 83.5 Å². The van der Waals surface area contributed by atoms with Crippen LogP contribution in [0, 0.1) is 0 Å². The second-order valence-corrected chi connectivity index (χ2v) is 5.42. The Bertz CT molecular complexity index is 362. The minimum Gasteiger partial charge on any atom is -0.480 e. The highest BCUT2D eigenvalue weighted by Gasteiger charge is 2.65. The van der Waals surface area contributed by atoms with Crippen LogP contribution in [0.2, 0.25) is 0 Å². The summed E-state index contributed by atoms with van der Waals surface area (Å²) in [5.74, 6) is -3.67. The van der Waals surface area contributed by atoms with Gasteiger partial charge in [-0.15, -0.1) is 0 Å². The molecule has 0 radical (unpaired) electrons. The van der Waals surface area contributed by atoms with Gasteiger partial charge in [0.2, 0.25) is 0 Å². The number of carbonyl (C=O) groups is 1. The third kappa shape index (κ3) is 2.40. The summed E-state index contributed by atoms with van der Waals surface area (Å²) in [4.78, 5) is 10.1. The van der Waals surface area contributed by atoms with Gasteiger partial charge in [0.05, 0.1) is 18.1 Å². The summed E-state index contributed by atoms with van der Waals surface area (Å²) >= 11 is 0. The first-order chi connectivity index (χ1) is 6.58. The lowest BCUT2D eigenvalue weighted by atomic mass is 10.0. The van der Waals surface area contributed by atoms with Crippen molar-refractivity contribution in [3.8, 4) is 0 Å². The van der Waals surface area contributed by atoms with Crippen LogP contribution in [0.3, 0.4) is 0 Å². The zero-order chi connectivity index (χ0) is 11.9. The molecule has 0 aromatic rings. The second-order valence-electron chi connectivity index (χ2n) is 3.36. The lowest BCUT2D eigenvalue weighted by Crippen LogP contribution is -2.72. The van der Waals surface area contributed by atoms with Crippen LogP contribution in [0.4, 0.5) is 13.2 Å². The minimum absolute atomic E-state index is 0.922. The average molecular weight is 247 g/mol. The first-order valence-corrected chi connectivity index (χ1v) is 5.64. The number of halogens is 3. The fourth-order valence-corrected chi connectivity index (χ4v) is 3.27. The average Bonchev–Trinajstić information content (AvgIpc) is 1.93. The maximum absolute atomic E-state index is 12.4. The highest BCUT2D eigenvalue weighted by atomic mass is 32.2. The van der Waals surface area contributed by atoms with E-state index in [1.54, 1.807) is 5.32 Å². The van der Waals surface area contributed by atoms with E-state index >= 15 is 0 Å². The molecule has 1 fully saturated rings. The molecule has 0 saturated carbocycles. The van der Waals surface area contributed by atoms with E-state index in [2.05, 4.69) is 0 Å². The molecule has 1 heterocycles. The fourth-order valence-electron chi connectivity index (χ4n) is 1.32.